The van der Waals surface area contributed by atoms with E-state index in [-0.39, 0.29) is 12.2 Å². The van der Waals surface area contributed by atoms with Gasteiger partial charge in [-0.05, 0) is 23.8 Å². The fourth-order valence-electron chi connectivity index (χ4n) is 2.09. The van der Waals surface area contributed by atoms with Crippen LogP contribution in [-0.2, 0) is 20.7 Å². The number of phenols is 1. The summed E-state index contributed by atoms with van der Waals surface area (Å²) in [7, 11) is 2.46. The number of amides is 1. The normalized spacial score (nSPS) is 11.9. The van der Waals surface area contributed by atoms with Crippen molar-refractivity contribution in [3.8, 4) is 5.75 Å². The molecule has 0 spiro atoms. The number of benzene rings is 1. The summed E-state index contributed by atoms with van der Waals surface area (Å²) in [6.07, 6.45) is 1.22. The van der Waals surface area contributed by atoms with Crippen LogP contribution in [0.5, 0.6) is 5.75 Å². The van der Waals surface area contributed by atoms with Crippen LogP contribution in [0.2, 0.25) is 0 Å². The second kappa shape index (κ2) is 6.17. The fourth-order valence-corrected chi connectivity index (χ4v) is 2.09. The van der Waals surface area contributed by atoms with Crippen molar-refractivity contribution >= 4 is 23.0 Å². The van der Waals surface area contributed by atoms with Crippen LogP contribution < -0.4 is 5.32 Å². The number of methoxy groups -OCH3 is 2. The average molecular weight is 292 g/mol. The van der Waals surface area contributed by atoms with Crippen molar-refractivity contribution in [1.29, 1.82) is 0 Å². The third-order valence-corrected chi connectivity index (χ3v) is 3.14. The third-order valence-electron chi connectivity index (χ3n) is 3.14. The highest BCUT2D eigenvalue weighted by Gasteiger charge is 2.23. The maximum atomic E-state index is 11.7. The van der Waals surface area contributed by atoms with Crippen LogP contribution in [-0.4, -0.2) is 42.4 Å². The number of fused-ring (bicyclic) bond motifs is 1. The Morgan fingerprint density at radius 2 is 2.10 bits per heavy atom. The molecule has 0 aliphatic rings. The highest BCUT2D eigenvalue weighted by Crippen LogP contribution is 2.24. The Morgan fingerprint density at radius 3 is 2.76 bits per heavy atom. The second-order valence-electron chi connectivity index (χ2n) is 4.46. The summed E-state index contributed by atoms with van der Waals surface area (Å²) >= 11 is 0. The number of aromatic hydroxyl groups is 1. The van der Waals surface area contributed by atoms with Gasteiger partial charge in [0.2, 0.25) is 0 Å². The minimum Gasteiger partial charge on any atom is -0.508 e. The van der Waals surface area contributed by atoms with Gasteiger partial charge < -0.3 is 24.9 Å². The van der Waals surface area contributed by atoms with Gasteiger partial charge in [0.25, 0.3) is 0 Å². The molecule has 0 saturated carbocycles. The van der Waals surface area contributed by atoms with E-state index in [1.54, 1.807) is 24.4 Å². The van der Waals surface area contributed by atoms with Crippen molar-refractivity contribution in [3.63, 3.8) is 0 Å². The molecule has 3 N–H and O–H groups in total. The van der Waals surface area contributed by atoms with Crippen LogP contribution in [0.3, 0.4) is 0 Å². The summed E-state index contributed by atoms with van der Waals surface area (Å²) in [5.41, 5.74) is 1.59. The molecule has 2 rings (SSSR count). The van der Waals surface area contributed by atoms with Crippen molar-refractivity contribution in [2.45, 2.75) is 12.5 Å². The third kappa shape index (κ3) is 3.25. The Balaban J connectivity index is 2.27. The van der Waals surface area contributed by atoms with Gasteiger partial charge in [0.1, 0.15) is 11.8 Å². The molecule has 112 valence electrons. The molecule has 0 bridgehead atoms. The first-order chi connectivity index (χ1) is 10.0. The van der Waals surface area contributed by atoms with E-state index in [9.17, 15) is 14.7 Å². The monoisotopic (exact) mass is 292 g/mol. The second-order valence-corrected chi connectivity index (χ2v) is 4.46. The molecule has 1 aromatic heterocycles. The van der Waals surface area contributed by atoms with Crippen LogP contribution in [0, 0.1) is 0 Å². The average Bonchev–Trinajstić information content (AvgIpc) is 2.87. The molecule has 0 fully saturated rings. The Hall–Kier alpha value is -2.70. The van der Waals surface area contributed by atoms with E-state index in [1.807, 2.05) is 0 Å². The van der Waals surface area contributed by atoms with Crippen LogP contribution in [0.1, 0.15) is 5.56 Å². The van der Waals surface area contributed by atoms with E-state index in [2.05, 4.69) is 19.8 Å². The Bertz CT molecular complexity index is 664. The van der Waals surface area contributed by atoms with E-state index in [1.165, 1.54) is 14.2 Å². The first-order valence-electron chi connectivity index (χ1n) is 6.26. The van der Waals surface area contributed by atoms with Crippen LogP contribution in [0.25, 0.3) is 10.9 Å². The number of phenolic OH excluding ortho intramolecular Hbond substituents is 1. The first kappa shape index (κ1) is 14.7. The van der Waals surface area contributed by atoms with Gasteiger partial charge >= 0.3 is 12.1 Å². The van der Waals surface area contributed by atoms with Gasteiger partial charge in [-0.15, -0.1) is 0 Å². The zero-order valence-corrected chi connectivity index (χ0v) is 11.7. The lowest BCUT2D eigenvalue weighted by Crippen LogP contribution is -2.42. The summed E-state index contributed by atoms with van der Waals surface area (Å²) in [4.78, 5) is 26.1. The lowest BCUT2D eigenvalue weighted by Gasteiger charge is -2.15. The van der Waals surface area contributed by atoms with Gasteiger partial charge in [0, 0.05) is 23.5 Å². The molecule has 0 saturated heterocycles. The topological polar surface area (TPSA) is 101 Å². The van der Waals surface area contributed by atoms with Crippen LogP contribution in [0.15, 0.2) is 24.4 Å². The van der Waals surface area contributed by atoms with Gasteiger partial charge in [-0.25, -0.2) is 9.59 Å². The molecule has 1 amide bonds. The quantitative estimate of drug-likeness (QED) is 0.738. The number of nitrogens with one attached hydrogen (secondary N) is 2. The van der Waals surface area contributed by atoms with E-state index in [0.717, 1.165) is 16.5 Å². The summed E-state index contributed by atoms with van der Waals surface area (Å²) in [5.74, 6) is -0.450. The highest BCUT2D eigenvalue weighted by atomic mass is 16.5. The van der Waals surface area contributed by atoms with Gasteiger partial charge in [0.15, 0.2) is 0 Å². The molecular weight excluding hydrogens is 276 g/mol. The number of rotatable bonds is 4. The Morgan fingerprint density at radius 1 is 1.33 bits per heavy atom. The lowest BCUT2D eigenvalue weighted by molar-refractivity contribution is -0.142. The van der Waals surface area contributed by atoms with Crippen molar-refractivity contribution < 1.29 is 24.2 Å². The molecule has 7 heteroatoms. The molecular formula is C14H16N2O5. The summed E-state index contributed by atoms with van der Waals surface area (Å²) < 4.78 is 9.17. The molecule has 21 heavy (non-hydrogen) atoms. The Labute approximate surface area is 120 Å². The standard InChI is InChI=1S/C14H16N2O5/c1-20-13(18)12(16-14(19)21-2)5-8-7-15-11-4-3-9(17)6-10(8)11/h3-4,6-7,12,15,17H,5H2,1-2H3,(H,16,19)/t12-/m1/s1. The zero-order chi connectivity index (χ0) is 15.4. The molecule has 0 aliphatic carbocycles. The van der Waals surface area contributed by atoms with E-state index < -0.39 is 18.1 Å². The first-order valence-corrected chi connectivity index (χ1v) is 6.26. The minimum atomic E-state index is -0.871. The molecule has 0 radical (unpaired) electrons. The largest absolute Gasteiger partial charge is 0.508 e. The van der Waals surface area contributed by atoms with Crippen molar-refractivity contribution in [2.24, 2.45) is 0 Å². The minimum absolute atomic E-state index is 0.124. The van der Waals surface area contributed by atoms with Gasteiger partial charge in [-0.2, -0.15) is 0 Å². The van der Waals surface area contributed by atoms with Crippen LogP contribution >= 0.6 is 0 Å². The fraction of sp³-hybridized carbons (Fsp3) is 0.286. The van der Waals surface area contributed by atoms with E-state index in [0.29, 0.717) is 0 Å². The number of carbonyl (C=O) groups excluding carboxylic acids is 2. The number of carbonyl (C=O) groups is 2. The number of H-pyrrole nitrogens is 1. The number of hydrogen-bond acceptors (Lipinski definition) is 5. The van der Waals surface area contributed by atoms with Gasteiger partial charge in [-0.1, -0.05) is 0 Å². The predicted molar refractivity (Wildman–Crippen MR) is 75.0 cm³/mol. The zero-order valence-electron chi connectivity index (χ0n) is 11.7. The maximum Gasteiger partial charge on any atom is 0.407 e. The number of alkyl carbamates (subject to hydrolysis) is 1. The maximum absolute atomic E-state index is 11.7. The van der Waals surface area contributed by atoms with Crippen molar-refractivity contribution in [1.82, 2.24) is 10.3 Å². The molecule has 1 atom stereocenters. The number of aromatic amines is 1. The molecule has 0 unspecified atom stereocenters. The number of esters is 1. The van der Waals surface area contributed by atoms with E-state index >= 15 is 0 Å². The smallest absolute Gasteiger partial charge is 0.407 e. The van der Waals surface area contributed by atoms with E-state index in [4.69, 9.17) is 0 Å². The summed E-state index contributed by atoms with van der Waals surface area (Å²) in [5, 5.41) is 12.7. The highest BCUT2D eigenvalue weighted by molar-refractivity contribution is 5.86. The molecule has 7 nitrogen and oxygen atoms in total. The predicted octanol–water partition coefficient (Wildman–Crippen LogP) is 1.31. The summed E-state index contributed by atoms with van der Waals surface area (Å²) in [6.45, 7) is 0. The summed E-state index contributed by atoms with van der Waals surface area (Å²) in [6, 6.07) is 4.01. The van der Waals surface area contributed by atoms with Crippen molar-refractivity contribution in [2.75, 3.05) is 14.2 Å². The lowest BCUT2D eigenvalue weighted by atomic mass is 10.0. The number of aromatic nitrogens is 1. The number of ether oxygens (including phenoxy) is 2. The molecule has 1 aromatic carbocycles. The van der Waals surface area contributed by atoms with Gasteiger partial charge in [0.05, 0.1) is 14.2 Å². The van der Waals surface area contributed by atoms with Crippen LogP contribution in [0.4, 0.5) is 4.79 Å². The molecule has 0 aliphatic heterocycles. The number of hydrogen-bond donors (Lipinski definition) is 3. The van der Waals surface area contributed by atoms with Crippen molar-refractivity contribution in [3.05, 3.63) is 30.0 Å². The molecule has 2 aromatic rings. The molecule has 1 heterocycles. The Kier molecular flexibility index (Phi) is 4.32. The van der Waals surface area contributed by atoms with Gasteiger partial charge in [-0.3, -0.25) is 0 Å². The SMILES string of the molecule is COC(=O)N[C@H](Cc1c[nH]c2ccc(O)cc12)C(=O)OC.